The number of benzene rings is 2. The van der Waals surface area contributed by atoms with Crippen molar-refractivity contribution < 1.29 is 19.4 Å². The van der Waals surface area contributed by atoms with Crippen LogP contribution in [0.5, 0.6) is 0 Å². The summed E-state index contributed by atoms with van der Waals surface area (Å²) in [5, 5.41) is 8.92. The number of hydrogen-bond acceptors (Lipinski definition) is 3. The molecule has 0 unspecified atom stereocenters. The lowest BCUT2D eigenvalue weighted by molar-refractivity contribution is -0.137. The molecule has 0 radical (unpaired) electrons. The highest BCUT2D eigenvalue weighted by Crippen LogP contribution is 2.44. The van der Waals surface area contributed by atoms with Gasteiger partial charge in [-0.05, 0) is 22.3 Å². The van der Waals surface area contributed by atoms with Crippen LogP contribution < -0.4 is 0 Å². The second-order valence-corrected chi connectivity index (χ2v) is 5.87. The van der Waals surface area contributed by atoms with E-state index >= 15 is 0 Å². The van der Waals surface area contributed by atoms with Gasteiger partial charge in [0.25, 0.3) is 0 Å². The van der Waals surface area contributed by atoms with Crippen molar-refractivity contribution in [3.05, 3.63) is 72.3 Å². The number of nitrogens with zero attached hydrogens (tertiary/aromatic N) is 1. The molecular formula is C20H19NO4. The van der Waals surface area contributed by atoms with Crippen LogP contribution in [-0.2, 0) is 9.53 Å². The van der Waals surface area contributed by atoms with Gasteiger partial charge in [-0.15, -0.1) is 6.58 Å². The Morgan fingerprint density at radius 2 is 1.64 bits per heavy atom. The maximum Gasteiger partial charge on any atom is 0.410 e. The van der Waals surface area contributed by atoms with E-state index in [4.69, 9.17) is 9.84 Å². The number of carboxylic acid groups (broad SMARTS) is 1. The lowest BCUT2D eigenvalue weighted by Gasteiger charge is -2.20. The van der Waals surface area contributed by atoms with Gasteiger partial charge in [0, 0.05) is 12.5 Å². The number of ether oxygens (including phenoxy) is 1. The van der Waals surface area contributed by atoms with E-state index in [1.54, 1.807) is 0 Å². The summed E-state index contributed by atoms with van der Waals surface area (Å²) in [6.07, 6.45) is 0.828. The summed E-state index contributed by atoms with van der Waals surface area (Å²) in [6.45, 7) is 3.43. The molecule has 128 valence electrons. The Bertz CT molecular complexity index is 769. The second kappa shape index (κ2) is 7.21. The number of hydrogen-bond donors (Lipinski definition) is 1. The standard InChI is InChI=1S/C20H19NO4/c1-2-11-21(12-19(22)23)20(24)25-13-18-16-9-5-3-7-14(16)15-8-4-6-10-17(15)18/h2-10,18H,1,11-13H2,(H,22,23). The monoisotopic (exact) mass is 337 g/mol. The van der Waals surface area contributed by atoms with Crippen molar-refractivity contribution in [2.24, 2.45) is 0 Å². The lowest BCUT2D eigenvalue weighted by Crippen LogP contribution is -2.36. The van der Waals surface area contributed by atoms with E-state index < -0.39 is 18.6 Å². The molecular weight excluding hydrogens is 318 g/mol. The van der Waals surface area contributed by atoms with Crippen molar-refractivity contribution in [2.75, 3.05) is 19.7 Å². The van der Waals surface area contributed by atoms with Gasteiger partial charge in [0.2, 0.25) is 0 Å². The largest absolute Gasteiger partial charge is 0.480 e. The van der Waals surface area contributed by atoms with Gasteiger partial charge in [-0.25, -0.2) is 4.79 Å². The summed E-state index contributed by atoms with van der Waals surface area (Å²) in [5.41, 5.74) is 4.52. The Kier molecular flexibility index (Phi) is 4.84. The maximum absolute atomic E-state index is 12.2. The zero-order chi connectivity index (χ0) is 17.8. The van der Waals surface area contributed by atoms with Crippen LogP contribution in [0.4, 0.5) is 4.79 Å². The highest BCUT2D eigenvalue weighted by atomic mass is 16.6. The molecule has 5 heteroatoms. The van der Waals surface area contributed by atoms with E-state index in [1.165, 1.54) is 6.08 Å². The fourth-order valence-corrected chi connectivity index (χ4v) is 3.21. The number of carboxylic acids is 1. The molecule has 1 aliphatic carbocycles. The summed E-state index contributed by atoms with van der Waals surface area (Å²) in [7, 11) is 0. The molecule has 2 aromatic rings. The van der Waals surface area contributed by atoms with Crippen LogP contribution in [0.15, 0.2) is 61.2 Å². The fourth-order valence-electron chi connectivity index (χ4n) is 3.21. The summed E-state index contributed by atoms with van der Waals surface area (Å²) in [4.78, 5) is 24.2. The minimum absolute atomic E-state index is 0.0493. The molecule has 0 heterocycles. The van der Waals surface area contributed by atoms with Crippen LogP contribution in [0, 0.1) is 0 Å². The van der Waals surface area contributed by atoms with Crippen LogP contribution in [-0.4, -0.2) is 41.8 Å². The fraction of sp³-hybridized carbons (Fsp3) is 0.200. The first kappa shape index (κ1) is 16.8. The summed E-state index contributed by atoms with van der Waals surface area (Å²) >= 11 is 0. The molecule has 5 nitrogen and oxygen atoms in total. The number of aliphatic carboxylic acids is 1. The molecule has 25 heavy (non-hydrogen) atoms. The molecule has 3 rings (SSSR count). The predicted molar refractivity (Wildman–Crippen MR) is 94.5 cm³/mol. The SMILES string of the molecule is C=CCN(CC(=O)O)C(=O)OCC1c2ccccc2-c2ccccc21. The summed E-state index contributed by atoms with van der Waals surface area (Å²) < 4.78 is 5.43. The van der Waals surface area contributed by atoms with Gasteiger partial charge in [0.05, 0.1) is 0 Å². The van der Waals surface area contributed by atoms with E-state index in [9.17, 15) is 9.59 Å². The smallest absolute Gasteiger partial charge is 0.410 e. The number of carbonyl (C=O) groups excluding carboxylic acids is 1. The molecule has 0 atom stereocenters. The Morgan fingerprint density at radius 1 is 1.08 bits per heavy atom. The third kappa shape index (κ3) is 3.40. The Morgan fingerprint density at radius 3 is 2.16 bits per heavy atom. The molecule has 1 N–H and O–H groups in total. The number of carbonyl (C=O) groups is 2. The maximum atomic E-state index is 12.2. The van der Waals surface area contributed by atoms with Gasteiger partial charge < -0.3 is 9.84 Å². The Hall–Kier alpha value is -3.08. The number of amides is 1. The minimum Gasteiger partial charge on any atom is -0.480 e. The highest BCUT2D eigenvalue weighted by Gasteiger charge is 2.29. The van der Waals surface area contributed by atoms with Crippen LogP contribution >= 0.6 is 0 Å². The Labute approximate surface area is 146 Å². The van der Waals surface area contributed by atoms with Crippen LogP contribution in [0.2, 0.25) is 0 Å². The van der Waals surface area contributed by atoms with Gasteiger partial charge in [0.1, 0.15) is 13.2 Å². The quantitative estimate of drug-likeness (QED) is 0.819. The predicted octanol–water partition coefficient (Wildman–Crippen LogP) is 3.51. The van der Waals surface area contributed by atoms with Crippen molar-refractivity contribution in [1.82, 2.24) is 4.90 Å². The molecule has 0 aromatic heterocycles. The zero-order valence-corrected chi connectivity index (χ0v) is 13.7. The van der Waals surface area contributed by atoms with Gasteiger partial charge in [-0.1, -0.05) is 54.6 Å². The third-order valence-electron chi connectivity index (χ3n) is 4.27. The van der Waals surface area contributed by atoms with Crippen molar-refractivity contribution >= 4 is 12.1 Å². The highest BCUT2D eigenvalue weighted by molar-refractivity contribution is 5.79. The Balaban J connectivity index is 1.78. The first-order valence-electron chi connectivity index (χ1n) is 8.04. The average Bonchev–Trinajstić information content (AvgIpc) is 2.93. The van der Waals surface area contributed by atoms with E-state index in [-0.39, 0.29) is 19.1 Å². The molecule has 0 aliphatic heterocycles. The molecule has 0 saturated heterocycles. The molecule has 1 amide bonds. The van der Waals surface area contributed by atoms with Crippen LogP contribution in [0.3, 0.4) is 0 Å². The first-order valence-corrected chi connectivity index (χ1v) is 8.04. The zero-order valence-electron chi connectivity index (χ0n) is 13.7. The second-order valence-electron chi connectivity index (χ2n) is 5.87. The first-order chi connectivity index (χ1) is 12.1. The van der Waals surface area contributed by atoms with Crippen LogP contribution in [0.25, 0.3) is 11.1 Å². The number of fused-ring (bicyclic) bond motifs is 3. The lowest BCUT2D eigenvalue weighted by atomic mass is 9.98. The van der Waals surface area contributed by atoms with E-state index in [1.807, 2.05) is 36.4 Å². The summed E-state index contributed by atoms with van der Waals surface area (Å²) in [5.74, 6) is -1.14. The molecule has 0 fully saturated rings. The topological polar surface area (TPSA) is 66.8 Å². The van der Waals surface area contributed by atoms with E-state index in [2.05, 4.69) is 18.7 Å². The molecule has 0 bridgehead atoms. The van der Waals surface area contributed by atoms with Crippen molar-refractivity contribution in [1.29, 1.82) is 0 Å². The van der Waals surface area contributed by atoms with Gasteiger partial charge >= 0.3 is 12.1 Å². The summed E-state index contributed by atoms with van der Waals surface area (Å²) in [6, 6.07) is 16.1. The van der Waals surface area contributed by atoms with Crippen molar-refractivity contribution in [2.45, 2.75) is 5.92 Å². The third-order valence-corrected chi connectivity index (χ3v) is 4.27. The van der Waals surface area contributed by atoms with Gasteiger partial charge in [0.15, 0.2) is 0 Å². The van der Waals surface area contributed by atoms with Gasteiger partial charge in [-0.2, -0.15) is 0 Å². The minimum atomic E-state index is -1.09. The number of rotatable bonds is 6. The average molecular weight is 337 g/mol. The van der Waals surface area contributed by atoms with Gasteiger partial charge in [-0.3, -0.25) is 9.69 Å². The normalized spacial score (nSPS) is 12.2. The van der Waals surface area contributed by atoms with E-state index in [0.29, 0.717) is 0 Å². The molecule has 0 spiro atoms. The van der Waals surface area contributed by atoms with E-state index in [0.717, 1.165) is 27.2 Å². The molecule has 2 aromatic carbocycles. The van der Waals surface area contributed by atoms with Crippen molar-refractivity contribution in [3.63, 3.8) is 0 Å². The molecule has 0 saturated carbocycles. The molecule has 1 aliphatic rings. The van der Waals surface area contributed by atoms with Crippen molar-refractivity contribution in [3.8, 4) is 11.1 Å². The van der Waals surface area contributed by atoms with Crippen LogP contribution in [0.1, 0.15) is 17.0 Å².